The van der Waals surface area contributed by atoms with E-state index in [-0.39, 0.29) is 17.6 Å². The quantitative estimate of drug-likeness (QED) is 0.738. The van der Waals surface area contributed by atoms with Crippen LogP contribution in [0.25, 0.3) is 0 Å². The number of nitrogens with one attached hydrogen (secondary N) is 1. The number of carbonyl (C=O) groups is 1. The van der Waals surface area contributed by atoms with Crippen LogP contribution in [0, 0.1) is 25.6 Å². The van der Waals surface area contributed by atoms with Gasteiger partial charge >= 0.3 is 0 Å². The largest absolute Gasteiger partial charge is 0.492 e. The van der Waals surface area contributed by atoms with Crippen LogP contribution in [-0.2, 0) is 11.3 Å². The van der Waals surface area contributed by atoms with E-state index < -0.39 is 0 Å². The van der Waals surface area contributed by atoms with E-state index in [9.17, 15) is 9.18 Å². The van der Waals surface area contributed by atoms with Crippen molar-refractivity contribution in [3.63, 3.8) is 0 Å². The van der Waals surface area contributed by atoms with Crippen LogP contribution < -0.4 is 10.1 Å². The standard InChI is InChI=1S/C23H29FN2O2/c1-17-12-18(2)14-22(13-17)28-11-9-25-23(27)20-4-3-10-26(16-20)15-19-5-7-21(24)8-6-19/h5-8,12-14,20H,3-4,9-11,15-16H2,1-2H3,(H,25,27)/t20-/m1/s1. The zero-order chi connectivity index (χ0) is 19.9. The van der Waals surface area contributed by atoms with E-state index in [1.807, 2.05) is 38.1 Å². The van der Waals surface area contributed by atoms with Crippen molar-refractivity contribution >= 4 is 5.91 Å². The molecule has 1 saturated heterocycles. The average Bonchev–Trinajstić information content (AvgIpc) is 2.66. The van der Waals surface area contributed by atoms with Gasteiger partial charge in [0.1, 0.15) is 18.2 Å². The topological polar surface area (TPSA) is 41.6 Å². The van der Waals surface area contributed by atoms with Gasteiger partial charge in [-0.15, -0.1) is 0 Å². The summed E-state index contributed by atoms with van der Waals surface area (Å²) in [4.78, 5) is 14.8. The summed E-state index contributed by atoms with van der Waals surface area (Å²) in [5.41, 5.74) is 3.41. The number of piperidine rings is 1. The molecule has 150 valence electrons. The number of nitrogens with zero attached hydrogens (tertiary/aromatic N) is 1. The Kier molecular flexibility index (Phi) is 7.04. The average molecular weight is 384 g/mol. The molecule has 0 bridgehead atoms. The molecular formula is C23H29FN2O2. The highest BCUT2D eigenvalue weighted by molar-refractivity contribution is 5.78. The Morgan fingerprint density at radius 1 is 1.18 bits per heavy atom. The number of aryl methyl sites for hydroxylation is 2. The molecule has 1 N–H and O–H groups in total. The highest BCUT2D eigenvalue weighted by Crippen LogP contribution is 2.19. The fourth-order valence-electron chi connectivity index (χ4n) is 3.76. The van der Waals surface area contributed by atoms with E-state index in [0.717, 1.165) is 43.8 Å². The lowest BCUT2D eigenvalue weighted by Crippen LogP contribution is -2.43. The van der Waals surface area contributed by atoms with Crippen LogP contribution >= 0.6 is 0 Å². The van der Waals surface area contributed by atoms with E-state index in [1.54, 1.807) is 0 Å². The molecule has 0 unspecified atom stereocenters. The van der Waals surface area contributed by atoms with E-state index in [0.29, 0.717) is 13.2 Å². The molecule has 28 heavy (non-hydrogen) atoms. The molecule has 1 amide bonds. The molecule has 2 aromatic carbocycles. The van der Waals surface area contributed by atoms with Gasteiger partial charge in [0.2, 0.25) is 5.91 Å². The van der Waals surface area contributed by atoms with Gasteiger partial charge in [-0.2, -0.15) is 0 Å². The van der Waals surface area contributed by atoms with Crippen LogP contribution in [0.3, 0.4) is 0 Å². The minimum Gasteiger partial charge on any atom is -0.492 e. The van der Waals surface area contributed by atoms with Crippen molar-refractivity contribution in [1.82, 2.24) is 10.2 Å². The summed E-state index contributed by atoms with van der Waals surface area (Å²) in [6.45, 7) is 7.50. The molecule has 1 atom stereocenters. The maximum Gasteiger partial charge on any atom is 0.224 e. The minimum absolute atomic E-state index is 0.00425. The number of ether oxygens (including phenoxy) is 1. The number of benzene rings is 2. The smallest absolute Gasteiger partial charge is 0.224 e. The number of amides is 1. The molecule has 0 radical (unpaired) electrons. The lowest BCUT2D eigenvalue weighted by Gasteiger charge is -2.32. The summed E-state index contributed by atoms with van der Waals surface area (Å²) >= 11 is 0. The predicted octanol–water partition coefficient (Wildman–Crippen LogP) is 3.85. The lowest BCUT2D eigenvalue weighted by atomic mass is 9.96. The molecule has 2 aromatic rings. The molecule has 3 rings (SSSR count). The molecule has 0 aromatic heterocycles. The Morgan fingerprint density at radius 2 is 1.89 bits per heavy atom. The molecule has 5 heteroatoms. The van der Waals surface area contributed by atoms with Crippen molar-refractivity contribution in [3.8, 4) is 5.75 Å². The molecule has 1 aliphatic rings. The Balaban J connectivity index is 1.41. The second kappa shape index (κ2) is 9.69. The SMILES string of the molecule is Cc1cc(C)cc(OCCNC(=O)[C@@H]2CCCN(Cc3ccc(F)cc3)C2)c1. The van der Waals surface area contributed by atoms with Crippen molar-refractivity contribution < 1.29 is 13.9 Å². The number of carbonyl (C=O) groups excluding carboxylic acids is 1. The summed E-state index contributed by atoms with van der Waals surface area (Å²) in [7, 11) is 0. The van der Waals surface area contributed by atoms with Crippen molar-refractivity contribution in [2.75, 3.05) is 26.2 Å². The molecule has 0 saturated carbocycles. The molecule has 1 heterocycles. The van der Waals surface area contributed by atoms with Gasteiger partial charge in [-0.3, -0.25) is 9.69 Å². The first-order chi connectivity index (χ1) is 13.5. The molecule has 0 spiro atoms. The van der Waals surface area contributed by atoms with Crippen LogP contribution in [0.2, 0.25) is 0 Å². The Labute approximate surface area is 166 Å². The molecule has 1 fully saturated rings. The van der Waals surface area contributed by atoms with Crippen molar-refractivity contribution in [3.05, 3.63) is 65.0 Å². The predicted molar refractivity (Wildman–Crippen MR) is 109 cm³/mol. The summed E-state index contributed by atoms with van der Waals surface area (Å²) in [5, 5.41) is 3.00. The summed E-state index contributed by atoms with van der Waals surface area (Å²) in [6, 6.07) is 12.7. The normalized spacial score (nSPS) is 17.3. The number of rotatable bonds is 7. The Morgan fingerprint density at radius 3 is 2.61 bits per heavy atom. The van der Waals surface area contributed by atoms with Gasteiger partial charge < -0.3 is 10.1 Å². The lowest BCUT2D eigenvalue weighted by molar-refractivity contribution is -0.126. The van der Waals surface area contributed by atoms with Crippen molar-refractivity contribution in [2.24, 2.45) is 5.92 Å². The third-order valence-electron chi connectivity index (χ3n) is 5.06. The van der Waals surface area contributed by atoms with E-state index in [4.69, 9.17) is 4.74 Å². The number of hydrogen-bond acceptors (Lipinski definition) is 3. The summed E-state index contributed by atoms with van der Waals surface area (Å²) < 4.78 is 18.8. The van der Waals surface area contributed by atoms with Crippen molar-refractivity contribution in [2.45, 2.75) is 33.2 Å². The highest BCUT2D eigenvalue weighted by Gasteiger charge is 2.25. The third kappa shape index (κ3) is 6.06. The first-order valence-electron chi connectivity index (χ1n) is 9.95. The Bertz CT molecular complexity index is 771. The fourth-order valence-corrected chi connectivity index (χ4v) is 3.76. The van der Waals surface area contributed by atoms with Gasteiger partial charge in [0.05, 0.1) is 12.5 Å². The van der Waals surface area contributed by atoms with Crippen LogP contribution in [0.5, 0.6) is 5.75 Å². The maximum atomic E-state index is 13.1. The molecule has 0 aliphatic carbocycles. The van der Waals surface area contributed by atoms with Gasteiger partial charge in [0.15, 0.2) is 0 Å². The van der Waals surface area contributed by atoms with Gasteiger partial charge in [-0.05, 0) is 74.2 Å². The second-order valence-corrected chi connectivity index (χ2v) is 7.66. The zero-order valence-electron chi connectivity index (χ0n) is 16.7. The van der Waals surface area contributed by atoms with Crippen LogP contribution in [0.1, 0.15) is 29.5 Å². The van der Waals surface area contributed by atoms with Crippen LogP contribution in [0.4, 0.5) is 4.39 Å². The minimum atomic E-state index is -0.220. The number of likely N-dealkylation sites (tertiary alicyclic amines) is 1. The zero-order valence-corrected chi connectivity index (χ0v) is 16.7. The van der Waals surface area contributed by atoms with E-state index in [2.05, 4.69) is 16.3 Å². The number of halogens is 1. The Hall–Kier alpha value is -2.40. The summed E-state index contributed by atoms with van der Waals surface area (Å²) in [6.07, 6.45) is 1.90. The number of hydrogen-bond donors (Lipinski definition) is 1. The third-order valence-corrected chi connectivity index (χ3v) is 5.06. The van der Waals surface area contributed by atoms with E-state index >= 15 is 0 Å². The first-order valence-corrected chi connectivity index (χ1v) is 9.95. The molecular weight excluding hydrogens is 355 g/mol. The maximum absolute atomic E-state index is 13.1. The van der Waals surface area contributed by atoms with Crippen LogP contribution in [-0.4, -0.2) is 37.0 Å². The fraction of sp³-hybridized carbons (Fsp3) is 0.435. The monoisotopic (exact) mass is 384 g/mol. The van der Waals surface area contributed by atoms with Gasteiger partial charge in [-0.1, -0.05) is 18.2 Å². The van der Waals surface area contributed by atoms with Gasteiger partial charge in [0, 0.05) is 13.1 Å². The molecule has 1 aliphatic heterocycles. The van der Waals surface area contributed by atoms with Crippen molar-refractivity contribution in [1.29, 1.82) is 0 Å². The van der Waals surface area contributed by atoms with Crippen LogP contribution in [0.15, 0.2) is 42.5 Å². The first kappa shape index (κ1) is 20.3. The summed E-state index contributed by atoms with van der Waals surface area (Å²) in [5.74, 6) is 0.709. The second-order valence-electron chi connectivity index (χ2n) is 7.66. The molecule has 4 nitrogen and oxygen atoms in total. The van der Waals surface area contributed by atoms with E-state index in [1.165, 1.54) is 23.3 Å². The van der Waals surface area contributed by atoms with Gasteiger partial charge in [-0.25, -0.2) is 4.39 Å². The van der Waals surface area contributed by atoms with Gasteiger partial charge in [0.25, 0.3) is 0 Å². The highest BCUT2D eigenvalue weighted by atomic mass is 19.1.